The first-order valence-corrected chi connectivity index (χ1v) is 8.64. The number of carbonyl (C=O) groups is 1. The van der Waals surface area contributed by atoms with Gasteiger partial charge in [-0.25, -0.2) is 4.98 Å². The number of nitro benzene ring substituents is 1. The lowest BCUT2D eigenvalue weighted by molar-refractivity contribution is -0.384. The van der Waals surface area contributed by atoms with Crippen molar-refractivity contribution in [1.82, 2.24) is 4.98 Å². The maximum atomic E-state index is 12.6. The van der Waals surface area contributed by atoms with Crippen molar-refractivity contribution in [3.05, 3.63) is 82.5 Å². The van der Waals surface area contributed by atoms with Crippen molar-refractivity contribution in [1.29, 1.82) is 0 Å². The second-order valence-electron chi connectivity index (χ2n) is 6.07. The molecule has 1 N–H and O–H groups in total. The Morgan fingerprint density at radius 3 is 2.50 bits per heavy atom. The summed E-state index contributed by atoms with van der Waals surface area (Å²) in [5.74, 6) is -0.497. The largest absolute Gasteiger partial charge is 0.433 e. The molecule has 0 aliphatic heterocycles. The van der Waals surface area contributed by atoms with Crippen molar-refractivity contribution in [2.24, 2.45) is 0 Å². The van der Waals surface area contributed by atoms with Gasteiger partial charge in [0, 0.05) is 31.1 Å². The molecule has 3 rings (SSSR count). The molecule has 0 fully saturated rings. The van der Waals surface area contributed by atoms with Crippen LogP contribution in [0, 0.1) is 10.1 Å². The molecule has 0 radical (unpaired) electrons. The van der Waals surface area contributed by atoms with E-state index in [1.54, 1.807) is 6.07 Å². The summed E-state index contributed by atoms with van der Waals surface area (Å²) >= 11 is 0. The first-order valence-electron chi connectivity index (χ1n) is 8.64. The summed E-state index contributed by atoms with van der Waals surface area (Å²) in [6.07, 6.45) is 1.31. The van der Waals surface area contributed by atoms with Gasteiger partial charge in [0.15, 0.2) is 0 Å². The lowest BCUT2D eigenvalue weighted by atomic mass is 10.2. The van der Waals surface area contributed by atoms with E-state index in [0.717, 1.165) is 23.9 Å². The number of anilines is 3. The normalized spacial score (nSPS) is 10.5. The Bertz CT molecular complexity index is 1050. The van der Waals surface area contributed by atoms with E-state index in [9.17, 15) is 23.7 Å². The molecule has 8 nitrogen and oxygen atoms in total. The molecule has 154 valence electrons. The summed E-state index contributed by atoms with van der Waals surface area (Å²) in [6, 6.07) is 15.5. The van der Waals surface area contributed by atoms with Crippen LogP contribution < -0.4 is 15.0 Å². The summed E-state index contributed by atoms with van der Waals surface area (Å²) in [7, 11) is 1.81. The number of hydrogen-bond acceptors (Lipinski definition) is 6. The van der Waals surface area contributed by atoms with E-state index in [4.69, 9.17) is 0 Å². The summed E-state index contributed by atoms with van der Waals surface area (Å²) in [5, 5.41) is 13.3. The van der Waals surface area contributed by atoms with Gasteiger partial charge in [0.2, 0.25) is 0 Å². The fourth-order valence-electron chi connectivity index (χ4n) is 2.63. The number of aromatic nitrogens is 1. The van der Waals surface area contributed by atoms with Gasteiger partial charge in [-0.1, -0.05) is 18.2 Å². The highest BCUT2D eigenvalue weighted by atomic mass is 19.3. The predicted molar refractivity (Wildman–Crippen MR) is 106 cm³/mol. The minimum absolute atomic E-state index is 0.134. The number of ether oxygens (including phenoxy) is 1. The van der Waals surface area contributed by atoms with Crippen LogP contribution >= 0.6 is 0 Å². The molecule has 30 heavy (non-hydrogen) atoms. The lowest BCUT2D eigenvalue weighted by Gasteiger charge is -2.18. The van der Waals surface area contributed by atoms with Crippen molar-refractivity contribution < 1.29 is 23.2 Å². The maximum Gasteiger partial charge on any atom is 0.387 e. The second-order valence-corrected chi connectivity index (χ2v) is 6.07. The number of para-hydroxylation sites is 1. The lowest BCUT2D eigenvalue weighted by Crippen LogP contribution is -2.16. The molecule has 0 unspecified atom stereocenters. The molecule has 2 aromatic carbocycles. The number of rotatable bonds is 7. The van der Waals surface area contributed by atoms with E-state index >= 15 is 0 Å². The second kappa shape index (κ2) is 8.95. The van der Waals surface area contributed by atoms with Gasteiger partial charge in [-0.2, -0.15) is 8.78 Å². The van der Waals surface area contributed by atoms with Crippen LogP contribution in [0.2, 0.25) is 0 Å². The summed E-state index contributed by atoms with van der Waals surface area (Å²) < 4.78 is 29.5. The van der Waals surface area contributed by atoms with Crippen LogP contribution in [0.5, 0.6) is 5.75 Å². The minimum atomic E-state index is -3.16. The number of alkyl halides is 2. The fourth-order valence-corrected chi connectivity index (χ4v) is 2.63. The third kappa shape index (κ3) is 4.85. The van der Waals surface area contributed by atoms with Crippen LogP contribution in [-0.2, 0) is 0 Å². The summed E-state index contributed by atoms with van der Waals surface area (Å²) in [4.78, 5) is 28.8. The maximum absolute atomic E-state index is 12.6. The van der Waals surface area contributed by atoms with Gasteiger partial charge < -0.3 is 15.0 Å². The van der Waals surface area contributed by atoms with Crippen molar-refractivity contribution in [3.8, 4) is 5.75 Å². The minimum Gasteiger partial charge on any atom is -0.433 e. The first kappa shape index (κ1) is 20.6. The highest BCUT2D eigenvalue weighted by molar-refractivity contribution is 6.05. The Kier molecular flexibility index (Phi) is 6.16. The van der Waals surface area contributed by atoms with Crippen molar-refractivity contribution >= 4 is 28.8 Å². The predicted octanol–water partition coefficient (Wildman–Crippen LogP) is 4.61. The number of non-ortho nitro benzene ring substituents is 1. The number of nitrogens with one attached hydrogen (secondary N) is 1. The van der Waals surface area contributed by atoms with Crippen LogP contribution in [0.25, 0.3) is 0 Å². The average molecular weight is 414 g/mol. The molecular weight excluding hydrogens is 398 g/mol. The van der Waals surface area contributed by atoms with Crippen molar-refractivity contribution in [2.75, 3.05) is 17.3 Å². The third-order valence-electron chi connectivity index (χ3n) is 4.14. The Balaban J connectivity index is 1.80. The van der Waals surface area contributed by atoms with Crippen LogP contribution in [0.15, 0.2) is 66.9 Å². The number of pyridine rings is 1. The quantitative estimate of drug-likeness (QED) is 0.448. The van der Waals surface area contributed by atoms with E-state index in [0.29, 0.717) is 5.82 Å². The van der Waals surface area contributed by atoms with Crippen LogP contribution in [0.4, 0.5) is 31.7 Å². The summed E-state index contributed by atoms with van der Waals surface area (Å²) in [6.45, 7) is -3.16. The molecule has 0 saturated carbocycles. The standard InChI is InChI=1S/C20H16F2N4O4/c1-25(14-5-3-2-4-6-14)18-10-7-13(12-23-18)19(27)24-16-11-15(26(28)29)8-9-17(16)30-20(21)22/h2-12,20H,1H3,(H,24,27). The zero-order valence-electron chi connectivity index (χ0n) is 15.7. The van der Waals surface area contributed by atoms with Crippen molar-refractivity contribution in [3.63, 3.8) is 0 Å². The van der Waals surface area contributed by atoms with Crippen LogP contribution in [-0.4, -0.2) is 29.5 Å². The van der Waals surface area contributed by atoms with E-state index in [1.807, 2.05) is 42.3 Å². The number of halogens is 2. The SMILES string of the molecule is CN(c1ccccc1)c1ccc(C(=O)Nc2cc([N+](=O)[O-])ccc2OC(F)F)cn1. The third-order valence-corrected chi connectivity index (χ3v) is 4.14. The Hall–Kier alpha value is -4.08. The molecule has 10 heteroatoms. The highest BCUT2D eigenvalue weighted by Crippen LogP contribution is 2.31. The zero-order valence-corrected chi connectivity index (χ0v) is 15.7. The average Bonchev–Trinajstić information content (AvgIpc) is 2.74. The van der Waals surface area contributed by atoms with Gasteiger partial charge in [-0.05, 0) is 30.3 Å². The Labute approximate surface area is 169 Å². The molecule has 1 aromatic heterocycles. The van der Waals surface area contributed by atoms with Gasteiger partial charge in [-0.3, -0.25) is 14.9 Å². The molecular formula is C20H16F2N4O4. The Morgan fingerprint density at radius 1 is 1.17 bits per heavy atom. The molecule has 0 aliphatic carbocycles. The zero-order chi connectivity index (χ0) is 21.7. The number of hydrogen-bond donors (Lipinski definition) is 1. The van der Waals surface area contributed by atoms with E-state index in [2.05, 4.69) is 15.0 Å². The van der Waals surface area contributed by atoms with E-state index in [1.165, 1.54) is 12.3 Å². The van der Waals surface area contributed by atoms with Crippen LogP contribution in [0.3, 0.4) is 0 Å². The van der Waals surface area contributed by atoms with E-state index in [-0.39, 0.29) is 16.9 Å². The molecule has 0 aliphatic rings. The molecule has 0 saturated heterocycles. The molecule has 1 heterocycles. The van der Waals surface area contributed by atoms with Crippen molar-refractivity contribution in [2.45, 2.75) is 6.61 Å². The number of nitro groups is 1. The van der Waals surface area contributed by atoms with Crippen LogP contribution in [0.1, 0.15) is 10.4 Å². The molecule has 3 aromatic rings. The van der Waals surface area contributed by atoms with Gasteiger partial charge in [0.05, 0.1) is 16.2 Å². The van der Waals surface area contributed by atoms with Gasteiger partial charge in [0.1, 0.15) is 11.6 Å². The summed E-state index contributed by atoms with van der Waals surface area (Å²) in [5.41, 5.74) is 0.396. The monoisotopic (exact) mass is 414 g/mol. The molecule has 0 bridgehead atoms. The van der Waals surface area contributed by atoms with Gasteiger partial charge in [-0.15, -0.1) is 0 Å². The fraction of sp³-hybridized carbons (Fsp3) is 0.100. The number of amides is 1. The smallest absolute Gasteiger partial charge is 0.387 e. The number of nitrogens with zero attached hydrogens (tertiary/aromatic N) is 3. The molecule has 0 spiro atoms. The van der Waals surface area contributed by atoms with E-state index < -0.39 is 23.2 Å². The number of carbonyl (C=O) groups excluding carboxylic acids is 1. The Morgan fingerprint density at radius 2 is 1.90 bits per heavy atom. The molecule has 0 atom stereocenters. The van der Waals surface area contributed by atoms with Gasteiger partial charge in [0.25, 0.3) is 11.6 Å². The number of benzene rings is 2. The first-order chi connectivity index (χ1) is 14.3. The van der Waals surface area contributed by atoms with Gasteiger partial charge >= 0.3 is 6.61 Å². The molecule has 1 amide bonds. The topological polar surface area (TPSA) is 97.6 Å². The highest BCUT2D eigenvalue weighted by Gasteiger charge is 2.18.